The molecule has 0 radical (unpaired) electrons. The van der Waals surface area contributed by atoms with Crippen molar-refractivity contribution in [3.63, 3.8) is 0 Å². The van der Waals surface area contributed by atoms with Crippen LogP contribution in [-0.4, -0.2) is 24.9 Å². The van der Waals surface area contributed by atoms with E-state index in [9.17, 15) is 9.59 Å². The third-order valence-electron chi connectivity index (χ3n) is 2.96. The molecule has 0 spiro atoms. The van der Waals surface area contributed by atoms with Gasteiger partial charge in [0, 0.05) is 25.1 Å². The third-order valence-corrected chi connectivity index (χ3v) is 2.96. The van der Waals surface area contributed by atoms with Crippen molar-refractivity contribution in [3.8, 4) is 0 Å². The second-order valence-electron chi connectivity index (χ2n) is 4.62. The Hall–Kier alpha value is -1.84. The van der Waals surface area contributed by atoms with Gasteiger partial charge in [-0.3, -0.25) is 9.59 Å². The highest BCUT2D eigenvalue weighted by Crippen LogP contribution is 2.27. The lowest BCUT2D eigenvalue weighted by molar-refractivity contribution is -0.121. The average Bonchev–Trinajstić information content (AvgIpc) is 3.21. The molecule has 0 atom stereocenters. The number of nitrogens with one attached hydrogen (secondary N) is 2. The van der Waals surface area contributed by atoms with Gasteiger partial charge in [0.15, 0.2) is 0 Å². The van der Waals surface area contributed by atoms with Gasteiger partial charge in [0.1, 0.15) is 0 Å². The van der Waals surface area contributed by atoms with Gasteiger partial charge in [-0.2, -0.15) is 0 Å². The van der Waals surface area contributed by atoms with Crippen molar-refractivity contribution in [1.29, 1.82) is 0 Å². The Bertz CT molecular complexity index is 413. The molecule has 0 bridgehead atoms. The molecule has 0 saturated heterocycles. The van der Waals surface area contributed by atoms with Gasteiger partial charge in [-0.05, 0) is 30.9 Å². The van der Waals surface area contributed by atoms with E-state index in [1.54, 1.807) is 12.1 Å². The van der Waals surface area contributed by atoms with E-state index in [0.717, 1.165) is 6.54 Å². The summed E-state index contributed by atoms with van der Waals surface area (Å²) in [4.78, 5) is 23.1. The molecule has 18 heavy (non-hydrogen) atoms. The van der Waals surface area contributed by atoms with Gasteiger partial charge in [0.2, 0.25) is 5.91 Å². The van der Waals surface area contributed by atoms with E-state index >= 15 is 0 Å². The maximum absolute atomic E-state index is 11.7. The molecule has 96 valence electrons. The molecule has 1 aliphatic carbocycles. The average molecular weight is 246 g/mol. The van der Waals surface area contributed by atoms with Crippen LogP contribution < -0.4 is 10.6 Å². The van der Waals surface area contributed by atoms with Crippen LogP contribution in [0.2, 0.25) is 0 Å². The highest BCUT2D eigenvalue weighted by Gasteiger charge is 2.21. The lowest BCUT2D eigenvalue weighted by atomic mass is 10.2. The highest BCUT2D eigenvalue weighted by atomic mass is 16.2. The van der Waals surface area contributed by atoms with E-state index in [2.05, 4.69) is 10.6 Å². The van der Waals surface area contributed by atoms with E-state index in [1.807, 2.05) is 18.2 Å². The maximum Gasteiger partial charge on any atom is 0.251 e. The SMILES string of the molecule is O=C(CCNC(=O)c1ccccc1)NCC1CC1. The van der Waals surface area contributed by atoms with Crippen LogP contribution >= 0.6 is 0 Å². The minimum absolute atomic E-state index is 0.00950. The van der Waals surface area contributed by atoms with Crippen LogP contribution in [-0.2, 0) is 4.79 Å². The molecule has 1 fully saturated rings. The summed E-state index contributed by atoms with van der Waals surface area (Å²) in [5, 5.41) is 5.60. The molecule has 0 heterocycles. The molecule has 4 heteroatoms. The first-order valence-corrected chi connectivity index (χ1v) is 6.35. The molecule has 0 aromatic heterocycles. The third kappa shape index (κ3) is 4.20. The molecule has 2 amide bonds. The van der Waals surface area contributed by atoms with Crippen LogP contribution in [0.3, 0.4) is 0 Å². The molecule has 1 aliphatic rings. The molecule has 2 N–H and O–H groups in total. The quantitative estimate of drug-likeness (QED) is 0.795. The van der Waals surface area contributed by atoms with Crippen molar-refractivity contribution in [2.24, 2.45) is 5.92 Å². The van der Waals surface area contributed by atoms with Gasteiger partial charge >= 0.3 is 0 Å². The number of hydrogen-bond donors (Lipinski definition) is 2. The lowest BCUT2D eigenvalue weighted by Gasteiger charge is -2.06. The van der Waals surface area contributed by atoms with Crippen molar-refractivity contribution >= 4 is 11.8 Å². The van der Waals surface area contributed by atoms with Gasteiger partial charge in [0.25, 0.3) is 5.91 Å². The zero-order valence-corrected chi connectivity index (χ0v) is 10.3. The molecular formula is C14H18N2O2. The first-order chi connectivity index (χ1) is 8.75. The number of carbonyl (C=O) groups excluding carboxylic acids is 2. The Kier molecular flexibility index (Phi) is 4.34. The van der Waals surface area contributed by atoms with Gasteiger partial charge in [-0.15, -0.1) is 0 Å². The fraction of sp³-hybridized carbons (Fsp3) is 0.429. The van der Waals surface area contributed by atoms with Crippen LogP contribution in [0.1, 0.15) is 29.6 Å². The summed E-state index contributed by atoms with van der Waals surface area (Å²) >= 11 is 0. The van der Waals surface area contributed by atoms with Crippen LogP contribution in [0.25, 0.3) is 0 Å². The lowest BCUT2D eigenvalue weighted by Crippen LogP contribution is -2.31. The van der Waals surface area contributed by atoms with Gasteiger partial charge in [-0.1, -0.05) is 18.2 Å². The molecule has 0 unspecified atom stereocenters. The topological polar surface area (TPSA) is 58.2 Å². The second kappa shape index (κ2) is 6.19. The Morgan fingerprint density at radius 3 is 2.50 bits per heavy atom. The highest BCUT2D eigenvalue weighted by molar-refractivity contribution is 5.94. The van der Waals surface area contributed by atoms with Crippen LogP contribution in [0.15, 0.2) is 30.3 Å². The Labute approximate surface area is 107 Å². The molecule has 1 aromatic rings. The zero-order chi connectivity index (χ0) is 12.8. The second-order valence-corrected chi connectivity index (χ2v) is 4.62. The summed E-state index contributed by atoms with van der Waals surface area (Å²) < 4.78 is 0. The van der Waals surface area contributed by atoms with Crippen molar-refractivity contribution < 1.29 is 9.59 Å². The molecule has 1 aromatic carbocycles. The van der Waals surface area contributed by atoms with Gasteiger partial charge < -0.3 is 10.6 Å². The molecule has 1 saturated carbocycles. The smallest absolute Gasteiger partial charge is 0.251 e. The molecule has 2 rings (SSSR count). The van der Waals surface area contributed by atoms with Gasteiger partial charge in [0.05, 0.1) is 0 Å². The van der Waals surface area contributed by atoms with Crippen LogP contribution in [0, 0.1) is 5.92 Å². The fourth-order valence-electron chi connectivity index (χ4n) is 1.65. The van der Waals surface area contributed by atoms with Crippen molar-refractivity contribution in [2.75, 3.05) is 13.1 Å². The normalized spacial score (nSPS) is 14.0. The van der Waals surface area contributed by atoms with E-state index in [1.165, 1.54) is 12.8 Å². The van der Waals surface area contributed by atoms with Gasteiger partial charge in [-0.25, -0.2) is 0 Å². The minimum Gasteiger partial charge on any atom is -0.356 e. The van der Waals surface area contributed by atoms with E-state index in [0.29, 0.717) is 24.4 Å². The van der Waals surface area contributed by atoms with Crippen molar-refractivity contribution in [1.82, 2.24) is 10.6 Å². The van der Waals surface area contributed by atoms with Crippen molar-refractivity contribution in [3.05, 3.63) is 35.9 Å². The molecule has 4 nitrogen and oxygen atoms in total. The minimum atomic E-state index is -0.134. The fourth-order valence-corrected chi connectivity index (χ4v) is 1.65. The predicted octanol–water partition coefficient (Wildman–Crippen LogP) is 1.33. The monoisotopic (exact) mass is 246 g/mol. The number of rotatable bonds is 6. The summed E-state index contributed by atoms with van der Waals surface area (Å²) in [5.74, 6) is 0.564. The summed E-state index contributed by atoms with van der Waals surface area (Å²) in [5.41, 5.74) is 0.621. The van der Waals surface area contributed by atoms with E-state index in [4.69, 9.17) is 0 Å². The molecular weight excluding hydrogens is 228 g/mol. The number of amides is 2. The zero-order valence-electron chi connectivity index (χ0n) is 10.3. The Morgan fingerprint density at radius 2 is 1.83 bits per heavy atom. The number of hydrogen-bond acceptors (Lipinski definition) is 2. The van der Waals surface area contributed by atoms with Crippen LogP contribution in [0.4, 0.5) is 0 Å². The molecule has 0 aliphatic heterocycles. The maximum atomic E-state index is 11.7. The Balaban J connectivity index is 1.62. The largest absolute Gasteiger partial charge is 0.356 e. The number of carbonyl (C=O) groups is 2. The first-order valence-electron chi connectivity index (χ1n) is 6.35. The summed E-state index contributed by atoms with van der Waals surface area (Å²) in [7, 11) is 0. The Morgan fingerprint density at radius 1 is 1.11 bits per heavy atom. The van der Waals surface area contributed by atoms with Crippen molar-refractivity contribution in [2.45, 2.75) is 19.3 Å². The summed E-state index contributed by atoms with van der Waals surface area (Å²) in [6, 6.07) is 9.00. The first kappa shape index (κ1) is 12.6. The summed E-state index contributed by atoms with van der Waals surface area (Å²) in [6.07, 6.45) is 2.79. The predicted molar refractivity (Wildman–Crippen MR) is 69.1 cm³/mol. The summed E-state index contributed by atoms with van der Waals surface area (Å²) in [6.45, 7) is 1.16. The van der Waals surface area contributed by atoms with Crippen LogP contribution in [0.5, 0.6) is 0 Å². The number of benzene rings is 1. The van der Waals surface area contributed by atoms with E-state index in [-0.39, 0.29) is 11.8 Å². The standard InChI is InChI=1S/C14H18N2O2/c17-13(16-10-11-6-7-11)8-9-15-14(18)12-4-2-1-3-5-12/h1-5,11H,6-10H2,(H,15,18)(H,16,17). The van der Waals surface area contributed by atoms with E-state index < -0.39 is 0 Å².